The molecular weight excluding hydrogens is 162 g/mol. The summed E-state index contributed by atoms with van der Waals surface area (Å²) >= 11 is 0. The first kappa shape index (κ1) is 9.00. The van der Waals surface area contributed by atoms with Crippen LogP contribution in [0.15, 0.2) is 0 Å². The molecule has 1 saturated carbocycles. The van der Waals surface area contributed by atoms with Crippen molar-refractivity contribution in [3.05, 3.63) is 0 Å². The fraction of sp³-hybridized carbons (Fsp3) is 1.00. The van der Waals surface area contributed by atoms with Gasteiger partial charge in [0.15, 0.2) is 0 Å². The van der Waals surface area contributed by atoms with E-state index in [9.17, 15) is 8.42 Å². The van der Waals surface area contributed by atoms with E-state index in [0.717, 1.165) is 19.3 Å². The topological polar surface area (TPSA) is 60.2 Å². The Bertz CT molecular complexity index is 223. The highest BCUT2D eigenvalue weighted by Crippen LogP contribution is 2.22. The average Bonchev–Trinajstić information content (AvgIpc) is 1.86. The monoisotopic (exact) mass is 177 g/mol. The van der Waals surface area contributed by atoms with Crippen LogP contribution in [0, 0.1) is 0 Å². The number of rotatable bonds is 1. The van der Waals surface area contributed by atoms with Crippen LogP contribution in [0.2, 0.25) is 0 Å². The molecule has 0 radical (unpaired) electrons. The molecule has 4 heteroatoms. The van der Waals surface area contributed by atoms with Crippen molar-refractivity contribution in [1.82, 2.24) is 0 Å². The second-order valence-electron chi connectivity index (χ2n) is 3.38. The fourth-order valence-corrected chi connectivity index (χ4v) is 2.76. The SMILES string of the molecule is CS(=O)(=O)C1CCCC(N)C1. The van der Waals surface area contributed by atoms with Crippen LogP contribution in [0.25, 0.3) is 0 Å². The third kappa shape index (κ3) is 2.45. The molecule has 66 valence electrons. The summed E-state index contributed by atoms with van der Waals surface area (Å²) in [6.07, 6.45) is 4.69. The van der Waals surface area contributed by atoms with Crippen LogP contribution in [-0.4, -0.2) is 26.0 Å². The summed E-state index contributed by atoms with van der Waals surface area (Å²) in [4.78, 5) is 0. The molecule has 0 aromatic carbocycles. The van der Waals surface area contributed by atoms with E-state index in [1.165, 1.54) is 6.26 Å². The molecule has 1 fully saturated rings. The Morgan fingerprint density at radius 2 is 2.00 bits per heavy atom. The van der Waals surface area contributed by atoms with Crippen LogP contribution in [0.3, 0.4) is 0 Å². The first-order valence-electron chi connectivity index (χ1n) is 3.94. The van der Waals surface area contributed by atoms with Crippen LogP contribution in [0.4, 0.5) is 0 Å². The fourth-order valence-electron chi connectivity index (χ4n) is 1.57. The molecule has 0 aromatic heterocycles. The minimum absolute atomic E-state index is 0.100. The zero-order valence-corrected chi connectivity index (χ0v) is 7.60. The van der Waals surface area contributed by atoms with Gasteiger partial charge in [-0.3, -0.25) is 0 Å². The van der Waals surface area contributed by atoms with Crippen molar-refractivity contribution in [2.45, 2.75) is 37.0 Å². The third-order valence-corrected chi connectivity index (χ3v) is 3.91. The van der Waals surface area contributed by atoms with E-state index in [2.05, 4.69) is 0 Å². The molecule has 11 heavy (non-hydrogen) atoms. The van der Waals surface area contributed by atoms with Gasteiger partial charge in [0.2, 0.25) is 0 Å². The summed E-state index contributed by atoms with van der Waals surface area (Å²) in [6.45, 7) is 0. The van der Waals surface area contributed by atoms with Gasteiger partial charge in [-0.15, -0.1) is 0 Å². The Kier molecular flexibility index (Phi) is 2.54. The van der Waals surface area contributed by atoms with Crippen LogP contribution >= 0.6 is 0 Å². The lowest BCUT2D eigenvalue weighted by Gasteiger charge is -2.24. The van der Waals surface area contributed by atoms with Crippen molar-refractivity contribution in [2.75, 3.05) is 6.26 Å². The van der Waals surface area contributed by atoms with Gasteiger partial charge >= 0.3 is 0 Å². The van der Waals surface area contributed by atoms with Gasteiger partial charge in [0.1, 0.15) is 9.84 Å². The van der Waals surface area contributed by atoms with E-state index in [-0.39, 0.29) is 11.3 Å². The summed E-state index contributed by atoms with van der Waals surface area (Å²) < 4.78 is 22.2. The summed E-state index contributed by atoms with van der Waals surface area (Å²) in [6, 6.07) is 0.100. The van der Waals surface area contributed by atoms with Crippen molar-refractivity contribution in [3.8, 4) is 0 Å². The van der Waals surface area contributed by atoms with Crippen molar-refractivity contribution >= 4 is 9.84 Å². The standard InChI is InChI=1S/C7H15NO2S/c1-11(9,10)7-4-2-3-6(8)5-7/h6-7H,2-5,8H2,1H3. The van der Waals surface area contributed by atoms with Crippen molar-refractivity contribution in [1.29, 1.82) is 0 Å². The Hall–Kier alpha value is -0.0900. The molecule has 0 spiro atoms. The third-order valence-electron chi connectivity index (χ3n) is 2.27. The van der Waals surface area contributed by atoms with Gasteiger partial charge in [-0.1, -0.05) is 6.42 Å². The Labute approximate surface area is 67.9 Å². The molecule has 2 unspecified atom stereocenters. The minimum Gasteiger partial charge on any atom is -0.328 e. The largest absolute Gasteiger partial charge is 0.328 e. The Morgan fingerprint density at radius 3 is 2.36 bits per heavy atom. The lowest BCUT2D eigenvalue weighted by molar-refractivity contribution is 0.434. The lowest BCUT2D eigenvalue weighted by Crippen LogP contribution is -2.34. The maximum Gasteiger partial charge on any atom is 0.150 e. The van der Waals surface area contributed by atoms with Gasteiger partial charge < -0.3 is 5.73 Å². The summed E-state index contributed by atoms with van der Waals surface area (Å²) in [5.74, 6) is 0. The highest BCUT2D eigenvalue weighted by Gasteiger charge is 2.26. The van der Waals surface area contributed by atoms with Crippen LogP contribution < -0.4 is 5.73 Å². The maximum atomic E-state index is 11.1. The maximum absolute atomic E-state index is 11.1. The molecule has 3 nitrogen and oxygen atoms in total. The average molecular weight is 177 g/mol. The normalized spacial score (nSPS) is 33.6. The van der Waals surface area contributed by atoms with Crippen LogP contribution in [0.5, 0.6) is 0 Å². The predicted octanol–water partition coefficient (Wildman–Crippen LogP) is 0.301. The van der Waals surface area contributed by atoms with Gasteiger partial charge in [0.25, 0.3) is 0 Å². The van der Waals surface area contributed by atoms with E-state index in [4.69, 9.17) is 5.73 Å². The number of sulfone groups is 1. The first-order valence-corrected chi connectivity index (χ1v) is 5.90. The van der Waals surface area contributed by atoms with E-state index >= 15 is 0 Å². The quantitative estimate of drug-likeness (QED) is 0.626. The predicted molar refractivity (Wildman–Crippen MR) is 45.1 cm³/mol. The second-order valence-corrected chi connectivity index (χ2v) is 5.70. The van der Waals surface area contributed by atoms with Crippen LogP contribution in [0.1, 0.15) is 25.7 Å². The second kappa shape index (κ2) is 3.11. The molecule has 0 aliphatic heterocycles. The van der Waals surface area contributed by atoms with E-state index in [1.807, 2.05) is 0 Å². The molecule has 0 saturated heterocycles. The molecule has 0 aromatic rings. The molecule has 1 rings (SSSR count). The Balaban J connectivity index is 2.60. The van der Waals surface area contributed by atoms with E-state index < -0.39 is 9.84 Å². The van der Waals surface area contributed by atoms with Gasteiger partial charge in [-0.2, -0.15) is 0 Å². The molecule has 1 aliphatic carbocycles. The van der Waals surface area contributed by atoms with Crippen LogP contribution in [-0.2, 0) is 9.84 Å². The Morgan fingerprint density at radius 1 is 1.36 bits per heavy atom. The molecule has 2 N–H and O–H groups in total. The summed E-state index contributed by atoms with van der Waals surface area (Å²) in [7, 11) is -2.84. The highest BCUT2D eigenvalue weighted by molar-refractivity contribution is 7.91. The van der Waals surface area contributed by atoms with E-state index in [1.54, 1.807) is 0 Å². The van der Waals surface area contributed by atoms with Gasteiger partial charge in [-0.25, -0.2) is 8.42 Å². The number of nitrogens with two attached hydrogens (primary N) is 1. The number of hydrogen-bond donors (Lipinski definition) is 1. The smallest absolute Gasteiger partial charge is 0.150 e. The highest BCUT2D eigenvalue weighted by atomic mass is 32.2. The zero-order valence-electron chi connectivity index (χ0n) is 6.79. The molecule has 0 heterocycles. The molecular formula is C7H15NO2S. The van der Waals surface area contributed by atoms with Gasteiger partial charge in [-0.05, 0) is 19.3 Å². The van der Waals surface area contributed by atoms with E-state index in [0.29, 0.717) is 6.42 Å². The van der Waals surface area contributed by atoms with Crippen molar-refractivity contribution < 1.29 is 8.42 Å². The molecule has 1 aliphatic rings. The zero-order chi connectivity index (χ0) is 8.48. The van der Waals surface area contributed by atoms with Crippen molar-refractivity contribution in [2.24, 2.45) is 5.73 Å². The minimum atomic E-state index is -2.84. The molecule has 0 amide bonds. The van der Waals surface area contributed by atoms with Gasteiger partial charge in [0.05, 0.1) is 5.25 Å². The molecule has 0 bridgehead atoms. The van der Waals surface area contributed by atoms with Crippen molar-refractivity contribution in [3.63, 3.8) is 0 Å². The number of hydrogen-bond acceptors (Lipinski definition) is 3. The van der Waals surface area contributed by atoms with Gasteiger partial charge in [0, 0.05) is 12.3 Å². The lowest BCUT2D eigenvalue weighted by atomic mass is 9.96. The first-order chi connectivity index (χ1) is 5.00. The molecule has 2 atom stereocenters. The summed E-state index contributed by atoms with van der Waals surface area (Å²) in [5, 5.41) is -0.175. The summed E-state index contributed by atoms with van der Waals surface area (Å²) in [5.41, 5.74) is 5.66.